The Morgan fingerprint density at radius 1 is 1.20 bits per heavy atom. The van der Waals surface area contributed by atoms with Crippen LogP contribution in [0.5, 0.6) is 11.5 Å². The molecule has 0 spiro atoms. The van der Waals surface area contributed by atoms with E-state index in [2.05, 4.69) is 0 Å². The zero-order chi connectivity index (χ0) is 11.1. The van der Waals surface area contributed by atoms with Crippen molar-refractivity contribution in [1.82, 2.24) is 0 Å². The highest BCUT2D eigenvalue weighted by molar-refractivity contribution is 6.17. The molecule has 0 saturated carbocycles. The molecule has 0 bridgehead atoms. The normalized spacial score (nSPS) is 10.1. The molecule has 1 rings (SSSR count). The standard InChI is InChI=1S/C12H17ClO2/c1-10-5-6-11(12(9-10)14-2)15-8-4-3-7-13/h5-6,9H,3-4,7-8H2,1-2H3. The molecule has 0 atom stereocenters. The molecule has 0 aliphatic heterocycles. The van der Waals surface area contributed by atoms with Gasteiger partial charge in [0.05, 0.1) is 13.7 Å². The molecule has 0 unspecified atom stereocenters. The Balaban J connectivity index is 2.52. The Hall–Kier alpha value is -0.890. The van der Waals surface area contributed by atoms with Gasteiger partial charge in [-0.15, -0.1) is 11.6 Å². The quantitative estimate of drug-likeness (QED) is 0.549. The van der Waals surface area contributed by atoms with Gasteiger partial charge in [0.1, 0.15) is 0 Å². The number of methoxy groups -OCH3 is 1. The van der Waals surface area contributed by atoms with E-state index in [-0.39, 0.29) is 0 Å². The summed E-state index contributed by atoms with van der Waals surface area (Å²) in [6, 6.07) is 5.92. The minimum absolute atomic E-state index is 0.687. The smallest absolute Gasteiger partial charge is 0.161 e. The number of rotatable bonds is 6. The van der Waals surface area contributed by atoms with Crippen LogP contribution in [-0.2, 0) is 0 Å². The van der Waals surface area contributed by atoms with Crippen molar-refractivity contribution in [2.75, 3.05) is 19.6 Å². The maximum absolute atomic E-state index is 5.60. The third-order valence-corrected chi connectivity index (χ3v) is 2.37. The van der Waals surface area contributed by atoms with Crippen molar-refractivity contribution >= 4 is 11.6 Å². The molecule has 0 N–H and O–H groups in total. The zero-order valence-corrected chi connectivity index (χ0v) is 10.0. The van der Waals surface area contributed by atoms with E-state index in [1.807, 2.05) is 25.1 Å². The van der Waals surface area contributed by atoms with E-state index in [9.17, 15) is 0 Å². The molecule has 0 radical (unpaired) electrons. The molecule has 0 heterocycles. The van der Waals surface area contributed by atoms with Crippen molar-refractivity contribution in [2.45, 2.75) is 19.8 Å². The first-order valence-electron chi connectivity index (χ1n) is 5.11. The predicted octanol–water partition coefficient (Wildman–Crippen LogP) is 3.40. The molecule has 0 aliphatic carbocycles. The molecule has 1 aromatic carbocycles. The summed E-state index contributed by atoms with van der Waals surface area (Å²) in [6.07, 6.45) is 1.95. The lowest BCUT2D eigenvalue weighted by atomic mass is 10.2. The molecule has 0 amide bonds. The van der Waals surface area contributed by atoms with Gasteiger partial charge >= 0.3 is 0 Å². The van der Waals surface area contributed by atoms with Crippen molar-refractivity contribution in [3.05, 3.63) is 23.8 Å². The summed E-state index contributed by atoms with van der Waals surface area (Å²) < 4.78 is 10.8. The van der Waals surface area contributed by atoms with Crippen molar-refractivity contribution in [1.29, 1.82) is 0 Å². The minimum Gasteiger partial charge on any atom is -0.493 e. The molecule has 0 fully saturated rings. The van der Waals surface area contributed by atoms with Gasteiger partial charge in [0.25, 0.3) is 0 Å². The summed E-state index contributed by atoms with van der Waals surface area (Å²) in [4.78, 5) is 0. The van der Waals surface area contributed by atoms with Crippen LogP contribution in [0.15, 0.2) is 18.2 Å². The van der Waals surface area contributed by atoms with Gasteiger partial charge in [0.15, 0.2) is 11.5 Å². The fraction of sp³-hybridized carbons (Fsp3) is 0.500. The van der Waals surface area contributed by atoms with E-state index in [1.165, 1.54) is 5.56 Å². The average Bonchev–Trinajstić information content (AvgIpc) is 2.26. The van der Waals surface area contributed by atoms with Crippen molar-refractivity contribution in [3.63, 3.8) is 0 Å². The van der Waals surface area contributed by atoms with Gasteiger partial charge in [-0.25, -0.2) is 0 Å². The summed E-state index contributed by atoms with van der Waals surface area (Å²) in [6.45, 7) is 2.71. The van der Waals surface area contributed by atoms with Crippen molar-refractivity contribution in [3.8, 4) is 11.5 Å². The summed E-state index contributed by atoms with van der Waals surface area (Å²) in [5.41, 5.74) is 1.17. The molecule has 1 aromatic rings. The van der Waals surface area contributed by atoms with Crippen LogP contribution in [0.4, 0.5) is 0 Å². The van der Waals surface area contributed by atoms with Crippen LogP contribution in [0, 0.1) is 6.92 Å². The summed E-state index contributed by atoms with van der Waals surface area (Å²) in [7, 11) is 1.65. The Morgan fingerprint density at radius 2 is 2.00 bits per heavy atom. The van der Waals surface area contributed by atoms with Gasteiger partial charge in [-0.3, -0.25) is 0 Å². The number of ether oxygens (including phenoxy) is 2. The second kappa shape index (κ2) is 6.57. The molecule has 0 saturated heterocycles. The number of aryl methyl sites for hydroxylation is 1. The van der Waals surface area contributed by atoms with Crippen LogP contribution in [0.25, 0.3) is 0 Å². The van der Waals surface area contributed by atoms with E-state index in [4.69, 9.17) is 21.1 Å². The van der Waals surface area contributed by atoms with Crippen LogP contribution >= 0.6 is 11.6 Å². The fourth-order valence-electron chi connectivity index (χ4n) is 1.27. The first-order valence-corrected chi connectivity index (χ1v) is 5.64. The molecule has 3 heteroatoms. The SMILES string of the molecule is COc1cc(C)ccc1OCCCCCl. The lowest BCUT2D eigenvalue weighted by molar-refractivity contribution is 0.288. The Morgan fingerprint density at radius 3 is 2.67 bits per heavy atom. The van der Waals surface area contributed by atoms with Gasteiger partial charge in [0.2, 0.25) is 0 Å². The van der Waals surface area contributed by atoms with Gasteiger partial charge in [-0.05, 0) is 37.5 Å². The van der Waals surface area contributed by atoms with Crippen LogP contribution in [0.1, 0.15) is 18.4 Å². The molecule has 2 nitrogen and oxygen atoms in total. The van der Waals surface area contributed by atoms with Crippen molar-refractivity contribution in [2.24, 2.45) is 0 Å². The summed E-state index contributed by atoms with van der Waals surface area (Å²) >= 11 is 5.58. The van der Waals surface area contributed by atoms with Crippen LogP contribution < -0.4 is 9.47 Å². The average molecular weight is 229 g/mol. The first-order chi connectivity index (χ1) is 7.27. The monoisotopic (exact) mass is 228 g/mol. The topological polar surface area (TPSA) is 18.5 Å². The number of unbranched alkanes of at least 4 members (excludes halogenated alkanes) is 1. The Kier molecular flexibility index (Phi) is 5.33. The largest absolute Gasteiger partial charge is 0.493 e. The number of halogens is 1. The van der Waals surface area contributed by atoms with Crippen LogP contribution in [0.2, 0.25) is 0 Å². The number of benzene rings is 1. The van der Waals surface area contributed by atoms with Gasteiger partial charge in [-0.1, -0.05) is 6.07 Å². The van der Waals surface area contributed by atoms with Crippen LogP contribution in [-0.4, -0.2) is 19.6 Å². The van der Waals surface area contributed by atoms with Crippen molar-refractivity contribution < 1.29 is 9.47 Å². The maximum atomic E-state index is 5.60. The third-order valence-electron chi connectivity index (χ3n) is 2.10. The van der Waals surface area contributed by atoms with E-state index in [1.54, 1.807) is 7.11 Å². The van der Waals surface area contributed by atoms with Crippen LogP contribution in [0.3, 0.4) is 0 Å². The molecule has 15 heavy (non-hydrogen) atoms. The second-order valence-corrected chi connectivity index (χ2v) is 3.78. The van der Waals surface area contributed by atoms with E-state index in [0.717, 1.165) is 24.3 Å². The molecular formula is C12H17ClO2. The van der Waals surface area contributed by atoms with Gasteiger partial charge in [0, 0.05) is 5.88 Å². The molecule has 0 aliphatic rings. The number of hydrogen-bond donors (Lipinski definition) is 0. The first kappa shape index (κ1) is 12.2. The third kappa shape index (κ3) is 4.00. The number of hydrogen-bond acceptors (Lipinski definition) is 2. The highest BCUT2D eigenvalue weighted by atomic mass is 35.5. The predicted molar refractivity (Wildman–Crippen MR) is 63.2 cm³/mol. The molecular weight excluding hydrogens is 212 g/mol. The lowest BCUT2D eigenvalue weighted by Gasteiger charge is -2.10. The van der Waals surface area contributed by atoms with E-state index >= 15 is 0 Å². The summed E-state index contributed by atoms with van der Waals surface area (Å²) in [5.74, 6) is 2.28. The van der Waals surface area contributed by atoms with E-state index in [0.29, 0.717) is 12.5 Å². The van der Waals surface area contributed by atoms with Gasteiger partial charge < -0.3 is 9.47 Å². The highest BCUT2D eigenvalue weighted by Gasteiger charge is 2.03. The Bertz CT molecular complexity index is 300. The molecule has 84 valence electrons. The number of alkyl halides is 1. The minimum atomic E-state index is 0.687. The fourth-order valence-corrected chi connectivity index (χ4v) is 1.46. The van der Waals surface area contributed by atoms with E-state index < -0.39 is 0 Å². The van der Waals surface area contributed by atoms with Gasteiger partial charge in [-0.2, -0.15) is 0 Å². The second-order valence-electron chi connectivity index (χ2n) is 3.40. The molecule has 0 aromatic heterocycles. The Labute approximate surface area is 96.2 Å². The zero-order valence-electron chi connectivity index (χ0n) is 9.25. The summed E-state index contributed by atoms with van der Waals surface area (Å²) in [5, 5.41) is 0. The maximum Gasteiger partial charge on any atom is 0.161 e. The highest BCUT2D eigenvalue weighted by Crippen LogP contribution is 2.27. The lowest BCUT2D eigenvalue weighted by Crippen LogP contribution is -1.99.